The van der Waals surface area contributed by atoms with Gasteiger partial charge in [0, 0.05) is 29.5 Å². The van der Waals surface area contributed by atoms with E-state index in [4.69, 9.17) is 4.74 Å². The molecule has 0 fully saturated rings. The zero-order valence-corrected chi connectivity index (χ0v) is 19.1. The smallest absolute Gasteiger partial charge is 0.270 e. The summed E-state index contributed by atoms with van der Waals surface area (Å²) in [5.41, 5.74) is 4.97. The molecule has 12 heteroatoms. The first-order valence-electron chi connectivity index (χ1n) is 9.98. The Morgan fingerprint density at radius 2 is 1.66 bits per heavy atom. The minimum atomic E-state index is -3.82. The number of nitrogens with one attached hydrogen (secondary N) is 3. The molecule has 0 saturated heterocycles. The summed E-state index contributed by atoms with van der Waals surface area (Å²) in [5, 5.41) is 10.8. The highest BCUT2D eigenvalue weighted by Gasteiger charge is 2.14. The van der Waals surface area contributed by atoms with Crippen molar-refractivity contribution < 1.29 is 27.7 Å². The molecule has 0 aliphatic carbocycles. The van der Waals surface area contributed by atoms with Gasteiger partial charge in [-0.15, -0.1) is 0 Å². The number of carbonyl (C=O) groups excluding carboxylic acids is 2. The van der Waals surface area contributed by atoms with Crippen LogP contribution >= 0.6 is 0 Å². The van der Waals surface area contributed by atoms with Crippen molar-refractivity contribution in [1.29, 1.82) is 0 Å². The molecule has 0 radical (unpaired) electrons. The molecule has 0 aromatic heterocycles. The SMILES string of the molecule is COc1ccc(NS(=O)(=O)c2ccc(/C=C/C(=O)NNC(=O)c3cccc([N+](=O)[O-])c3)cc2)cc1. The van der Waals surface area contributed by atoms with Gasteiger partial charge in [-0.25, -0.2) is 8.42 Å². The normalized spacial score (nSPS) is 11.0. The summed E-state index contributed by atoms with van der Waals surface area (Å²) in [6.45, 7) is 0. The molecule has 35 heavy (non-hydrogen) atoms. The van der Waals surface area contributed by atoms with Crippen molar-refractivity contribution in [2.24, 2.45) is 0 Å². The van der Waals surface area contributed by atoms with Crippen molar-refractivity contribution in [2.75, 3.05) is 11.8 Å². The summed E-state index contributed by atoms with van der Waals surface area (Å²) >= 11 is 0. The van der Waals surface area contributed by atoms with Gasteiger partial charge in [0.25, 0.3) is 27.5 Å². The van der Waals surface area contributed by atoms with Gasteiger partial charge in [0.2, 0.25) is 0 Å². The lowest BCUT2D eigenvalue weighted by atomic mass is 10.2. The lowest BCUT2D eigenvalue weighted by Gasteiger charge is -2.09. The Hall–Kier alpha value is -4.71. The van der Waals surface area contributed by atoms with Gasteiger partial charge in [0.15, 0.2) is 0 Å². The van der Waals surface area contributed by atoms with Crippen LogP contribution in [-0.2, 0) is 14.8 Å². The van der Waals surface area contributed by atoms with E-state index in [0.717, 1.165) is 12.1 Å². The molecule has 0 aliphatic heterocycles. The van der Waals surface area contributed by atoms with Gasteiger partial charge in [-0.2, -0.15) is 0 Å². The fourth-order valence-corrected chi connectivity index (χ4v) is 3.85. The predicted octanol–water partition coefficient (Wildman–Crippen LogP) is 2.88. The van der Waals surface area contributed by atoms with Gasteiger partial charge in [-0.1, -0.05) is 18.2 Å². The highest BCUT2D eigenvalue weighted by Crippen LogP contribution is 2.20. The van der Waals surface area contributed by atoms with Crippen LogP contribution in [0.4, 0.5) is 11.4 Å². The molecule has 3 N–H and O–H groups in total. The number of nitro groups is 1. The number of ether oxygens (including phenoxy) is 1. The number of sulfonamides is 1. The van der Waals surface area contributed by atoms with E-state index in [1.807, 2.05) is 0 Å². The first kappa shape index (κ1) is 24.9. The van der Waals surface area contributed by atoms with Gasteiger partial charge in [0.1, 0.15) is 5.75 Å². The minimum absolute atomic E-state index is 0.00327. The molecule has 0 unspecified atom stereocenters. The number of benzene rings is 3. The van der Waals surface area contributed by atoms with Gasteiger partial charge in [-0.05, 0) is 54.1 Å². The van der Waals surface area contributed by atoms with Crippen LogP contribution in [0.2, 0.25) is 0 Å². The second-order valence-electron chi connectivity index (χ2n) is 6.99. The first-order valence-corrected chi connectivity index (χ1v) is 11.5. The van der Waals surface area contributed by atoms with Crippen molar-refractivity contribution >= 4 is 39.3 Å². The van der Waals surface area contributed by atoms with Gasteiger partial charge in [-0.3, -0.25) is 35.3 Å². The Balaban J connectivity index is 1.56. The second kappa shape index (κ2) is 10.9. The van der Waals surface area contributed by atoms with E-state index in [0.29, 0.717) is 17.0 Å². The largest absolute Gasteiger partial charge is 0.497 e. The number of rotatable bonds is 8. The van der Waals surface area contributed by atoms with Gasteiger partial charge >= 0.3 is 0 Å². The number of hydrogen-bond donors (Lipinski definition) is 3. The topological polar surface area (TPSA) is 157 Å². The number of non-ortho nitro benzene ring substituents is 1. The molecule has 180 valence electrons. The quantitative estimate of drug-likeness (QED) is 0.246. The van der Waals surface area contributed by atoms with Crippen molar-refractivity contribution in [1.82, 2.24) is 10.9 Å². The first-order chi connectivity index (χ1) is 16.7. The second-order valence-corrected chi connectivity index (χ2v) is 8.67. The maximum absolute atomic E-state index is 12.6. The van der Waals surface area contributed by atoms with E-state index in [2.05, 4.69) is 15.6 Å². The van der Waals surface area contributed by atoms with E-state index in [1.54, 1.807) is 24.3 Å². The van der Waals surface area contributed by atoms with E-state index in [9.17, 15) is 28.1 Å². The van der Waals surface area contributed by atoms with E-state index in [-0.39, 0.29) is 16.1 Å². The number of hydrogen-bond acceptors (Lipinski definition) is 7. The number of carbonyl (C=O) groups is 2. The highest BCUT2D eigenvalue weighted by molar-refractivity contribution is 7.92. The Morgan fingerprint density at radius 3 is 2.29 bits per heavy atom. The third kappa shape index (κ3) is 6.88. The number of amides is 2. The average molecular weight is 497 g/mol. The molecule has 0 heterocycles. The Bertz CT molecular complexity index is 1370. The highest BCUT2D eigenvalue weighted by atomic mass is 32.2. The number of anilines is 1. The van der Waals surface area contributed by atoms with Crippen LogP contribution < -0.4 is 20.3 Å². The fourth-order valence-electron chi connectivity index (χ4n) is 2.80. The number of nitro benzene ring substituents is 1. The van der Waals surface area contributed by atoms with Gasteiger partial charge in [0.05, 0.1) is 16.9 Å². The molecule has 0 saturated carbocycles. The summed E-state index contributed by atoms with van der Waals surface area (Å²) in [6.07, 6.45) is 2.55. The molecule has 3 aromatic carbocycles. The van der Waals surface area contributed by atoms with Gasteiger partial charge < -0.3 is 4.74 Å². The lowest BCUT2D eigenvalue weighted by Crippen LogP contribution is -2.40. The van der Waals surface area contributed by atoms with Crippen LogP contribution in [0, 0.1) is 10.1 Å². The van der Waals surface area contributed by atoms with Crippen LogP contribution in [0.5, 0.6) is 5.75 Å². The Morgan fingerprint density at radius 1 is 0.971 bits per heavy atom. The van der Waals surface area contributed by atoms with Crippen molar-refractivity contribution in [3.05, 3.63) is 100 Å². The van der Waals surface area contributed by atoms with Crippen LogP contribution in [0.3, 0.4) is 0 Å². The molecule has 0 bridgehead atoms. The number of nitrogens with zero attached hydrogens (tertiary/aromatic N) is 1. The van der Waals surface area contributed by atoms with Crippen LogP contribution in [-0.4, -0.2) is 32.3 Å². The van der Waals surface area contributed by atoms with Crippen LogP contribution in [0.15, 0.2) is 83.8 Å². The van der Waals surface area contributed by atoms with Crippen LogP contribution in [0.25, 0.3) is 6.08 Å². The summed E-state index contributed by atoms with van der Waals surface area (Å²) in [4.78, 5) is 34.2. The molecule has 0 aliphatic rings. The third-order valence-corrected chi connectivity index (χ3v) is 5.98. The maximum atomic E-state index is 12.6. The van der Waals surface area contributed by atoms with E-state index in [1.165, 1.54) is 55.7 Å². The standard InChI is InChI=1S/C23H20N4O7S/c1-34-20-10-8-18(9-11-20)26-35(32,33)21-12-5-16(6-13-21)7-14-22(28)24-25-23(29)17-3-2-4-19(15-17)27(30)31/h2-15,26H,1H3,(H,24,28)(H,25,29)/b14-7+. The summed E-state index contributed by atoms with van der Waals surface area (Å²) < 4.78 is 32.6. The molecule has 0 spiro atoms. The average Bonchev–Trinajstić information content (AvgIpc) is 2.86. The van der Waals surface area contributed by atoms with E-state index >= 15 is 0 Å². The molecule has 2 amide bonds. The zero-order valence-electron chi connectivity index (χ0n) is 18.3. The zero-order chi connectivity index (χ0) is 25.4. The van der Waals surface area contributed by atoms with Crippen molar-refractivity contribution in [3.8, 4) is 5.75 Å². The minimum Gasteiger partial charge on any atom is -0.497 e. The molecule has 3 aromatic rings. The van der Waals surface area contributed by atoms with E-state index < -0.39 is 26.8 Å². The summed E-state index contributed by atoms with van der Waals surface area (Å²) in [5.74, 6) is -0.798. The molecule has 0 atom stereocenters. The molecular formula is C23H20N4O7S. The molecular weight excluding hydrogens is 476 g/mol. The monoisotopic (exact) mass is 496 g/mol. The predicted molar refractivity (Wildman–Crippen MR) is 128 cm³/mol. The number of hydrazine groups is 1. The summed E-state index contributed by atoms with van der Waals surface area (Å²) in [7, 11) is -2.31. The summed E-state index contributed by atoms with van der Waals surface area (Å²) in [6, 6.07) is 17.2. The molecule has 3 rings (SSSR count). The van der Waals surface area contributed by atoms with Crippen molar-refractivity contribution in [2.45, 2.75) is 4.90 Å². The third-order valence-electron chi connectivity index (χ3n) is 4.58. The number of methoxy groups -OCH3 is 1. The Labute approximate surface area is 200 Å². The molecule has 11 nitrogen and oxygen atoms in total. The van der Waals surface area contributed by atoms with Crippen LogP contribution in [0.1, 0.15) is 15.9 Å². The Kier molecular flexibility index (Phi) is 7.79. The van der Waals surface area contributed by atoms with Crippen molar-refractivity contribution in [3.63, 3.8) is 0 Å². The lowest BCUT2D eigenvalue weighted by molar-refractivity contribution is -0.384. The maximum Gasteiger partial charge on any atom is 0.270 e. The fraction of sp³-hybridized carbons (Fsp3) is 0.0435.